The molecule has 4 aliphatic rings. The Morgan fingerprint density at radius 1 is 0.714 bits per heavy atom. The molecule has 4 unspecified atom stereocenters. The largest absolute Gasteiger partial charge is 0.478 e. The van der Waals surface area contributed by atoms with Gasteiger partial charge in [0.05, 0.1) is 23.2 Å². The number of carboxylic acids is 1. The molecule has 0 spiro atoms. The normalized spacial score (nSPS) is 22.6. The topological polar surface area (TPSA) is 207 Å². The number of hydrogen-bond acceptors (Lipinski definition) is 11. The lowest BCUT2D eigenvalue weighted by molar-refractivity contribution is -0.00340. The number of likely N-dealkylation sites (tertiary alicyclic amines) is 1. The summed E-state index contributed by atoms with van der Waals surface area (Å²) in [6, 6.07) is 6.89. The first-order valence-electron chi connectivity index (χ1n) is 16.6. The monoisotopic (exact) mass is 682 g/mol. The Kier molecular flexibility index (Phi) is 11.6. The fraction of sp³-hybridized carbons (Fsp3) is 0.588. The Balaban J connectivity index is 0.000000184. The molecule has 4 saturated heterocycles. The SMILES string of the molecule is CC(C)(C)OC(=O)N1C2CCC1CN(C(=O)c1ccc(N)nc1)C2.CC(C)(C)OC(=O)N1C2CCC1CNC2.Nc1ccc(C(=O)O)cn1. The summed E-state index contributed by atoms with van der Waals surface area (Å²) in [6.45, 7) is 14.2. The highest BCUT2D eigenvalue weighted by molar-refractivity contribution is 5.94. The van der Waals surface area contributed by atoms with E-state index < -0.39 is 11.6 Å². The van der Waals surface area contributed by atoms with Crippen LogP contribution in [0.2, 0.25) is 0 Å². The van der Waals surface area contributed by atoms with E-state index in [1.807, 2.05) is 51.3 Å². The average Bonchev–Trinajstić information content (AvgIpc) is 3.43. The van der Waals surface area contributed by atoms with Gasteiger partial charge in [0.15, 0.2) is 0 Å². The zero-order valence-electron chi connectivity index (χ0n) is 29.2. The van der Waals surface area contributed by atoms with Crippen LogP contribution in [-0.4, -0.2) is 115 Å². The van der Waals surface area contributed by atoms with Crippen molar-refractivity contribution in [3.63, 3.8) is 0 Å². The number of nitrogens with two attached hydrogens (primary N) is 2. The summed E-state index contributed by atoms with van der Waals surface area (Å²) in [6.07, 6.45) is 6.31. The van der Waals surface area contributed by atoms with Crippen molar-refractivity contribution in [2.75, 3.05) is 37.6 Å². The van der Waals surface area contributed by atoms with E-state index in [2.05, 4.69) is 15.3 Å². The van der Waals surface area contributed by atoms with E-state index in [1.54, 1.807) is 17.0 Å². The number of nitrogen functional groups attached to an aromatic ring is 2. The molecule has 6 N–H and O–H groups in total. The number of aromatic nitrogens is 2. The van der Waals surface area contributed by atoms with Crippen LogP contribution in [0.1, 0.15) is 87.9 Å². The second-order valence-corrected chi connectivity index (χ2v) is 14.7. The third-order valence-electron chi connectivity index (χ3n) is 8.42. The lowest BCUT2D eigenvalue weighted by Gasteiger charge is -2.41. The van der Waals surface area contributed by atoms with Crippen LogP contribution >= 0.6 is 0 Å². The van der Waals surface area contributed by atoms with Crippen LogP contribution in [0.25, 0.3) is 0 Å². The van der Waals surface area contributed by atoms with Gasteiger partial charge in [-0.1, -0.05) is 0 Å². The molecule has 49 heavy (non-hydrogen) atoms. The zero-order chi connectivity index (χ0) is 36.1. The van der Waals surface area contributed by atoms with Gasteiger partial charge < -0.3 is 36.3 Å². The minimum absolute atomic E-state index is 0.0179. The summed E-state index contributed by atoms with van der Waals surface area (Å²) in [5, 5.41) is 11.7. The Morgan fingerprint density at radius 2 is 1.12 bits per heavy atom. The first-order valence-corrected chi connectivity index (χ1v) is 16.6. The number of carboxylic acid groups (broad SMARTS) is 1. The number of carbonyl (C=O) groups is 4. The molecule has 0 saturated carbocycles. The van der Waals surface area contributed by atoms with Gasteiger partial charge in [-0.2, -0.15) is 0 Å². The minimum Gasteiger partial charge on any atom is -0.478 e. The molecule has 0 aromatic carbocycles. The van der Waals surface area contributed by atoms with Crippen molar-refractivity contribution in [3.8, 4) is 0 Å². The van der Waals surface area contributed by atoms with Crippen LogP contribution in [0.5, 0.6) is 0 Å². The fourth-order valence-corrected chi connectivity index (χ4v) is 6.32. The Labute approximate surface area is 287 Å². The van der Waals surface area contributed by atoms with E-state index in [-0.39, 0.29) is 41.3 Å². The number of piperazine rings is 2. The van der Waals surface area contributed by atoms with Crippen molar-refractivity contribution in [1.82, 2.24) is 30.0 Å². The average molecular weight is 683 g/mol. The molecule has 2 aromatic heterocycles. The van der Waals surface area contributed by atoms with Gasteiger partial charge in [0.1, 0.15) is 22.8 Å². The molecule has 4 bridgehead atoms. The van der Waals surface area contributed by atoms with Gasteiger partial charge in [-0.15, -0.1) is 0 Å². The summed E-state index contributed by atoms with van der Waals surface area (Å²) < 4.78 is 10.9. The Morgan fingerprint density at radius 3 is 1.51 bits per heavy atom. The first-order chi connectivity index (χ1) is 22.9. The summed E-state index contributed by atoms with van der Waals surface area (Å²) in [4.78, 5) is 60.4. The second kappa shape index (κ2) is 15.3. The van der Waals surface area contributed by atoms with Crippen molar-refractivity contribution in [2.45, 2.75) is 103 Å². The van der Waals surface area contributed by atoms with Gasteiger partial charge in [-0.25, -0.2) is 24.4 Å². The lowest BCUT2D eigenvalue weighted by atomic mass is 10.1. The molecule has 6 rings (SSSR count). The molecular formula is C34H50N8O7. The number of nitrogens with zero attached hydrogens (tertiary/aromatic N) is 5. The predicted octanol–water partition coefficient (Wildman–Crippen LogP) is 3.61. The third kappa shape index (κ3) is 10.2. The highest BCUT2D eigenvalue weighted by Crippen LogP contribution is 2.32. The molecule has 15 nitrogen and oxygen atoms in total. The lowest BCUT2D eigenvalue weighted by Crippen LogP contribution is -2.57. The van der Waals surface area contributed by atoms with Crippen molar-refractivity contribution >= 4 is 35.7 Å². The molecule has 2 aromatic rings. The molecular weight excluding hydrogens is 632 g/mol. The quantitative estimate of drug-likeness (QED) is 0.358. The Bertz CT molecular complexity index is 1440. The molecule has 3 amide bonds. The van der Waals surface area contributed by atoms with Gasteiger partial charge in [0, 0.05) is 50.7 Å². The summed E-state index contributed by atoms with van der Waals surface area (Å²) >= 11 is 0. The smallest absolute Gasteiger partial charge is 0.410 e. The van der Waals surface area contributed by atoms with Crippen LogP contribution in [0, 0.1) is 0 Å². The zero-order valence-corrected chi connectivity index (χ0v) is 29.2. The molecule has 0 radical (unpaired) electrons. The molecule has 4 aliphatic heterocycles. The van der Waals surface area contributed by atoms with E-state index in [0.29, 0.717) is 42.4 Å². The molecule has 4 fully saturated rings. The van der Waals surface area contributed by atoms with Crippen molar-refractivity contribution < 1.29 is 33.8 Å². The summed E-state index contributed by atoms with van der Waals surface area (Å²) in [5.41, 5.74) is 10.6. The maximum absolute atomic E-state index is 12.6. The number of carbonyl (C=O) groups excluding carboxylic acids is 3. The van der Waals surface area contributed by atoms with Crippen LogP contribution < -0.4 is 16.8 Å². The molecule has 15 heteroatoms. The number of hydrogen-bond donors (Lipinski definition) is 4. The maximum atomic E-state index is 12.6. The van der Waals surface area contributed by atoms with Crippen molar-refractivity contribution in [1.29, 1.82) is 0 Å². The van der Waals surface area contributed by atoms with E-state index in [0.717, 1.165) is 38.8 Å². The number of aromatic carboxylic acids is 1. The number of nitrogens with one attached hydrogen (secondary N) is 1. The van der Waals surface area contributed by atoms with Gasteiger partial charge >= 0.3 is 18.2 Å². The molecule has 4 atom stereocenters. The Hall–Kier alpha value is -4.66. The third-order valence-corrected chi connectivity index (χ3v) is 8.42. The van der Waals surface area contributed by atoms with Gasteiger partial charge in [-0.05, 0) is 91.5 Å². The standard InChI is InChI=1S/C17H24N4O3.C11H20N2O2.C6H6N2O2/c1-17(2,3)24-16(23)21-12-5-6-13(21)10-20(9-12)15(22)11-4-7-14(18)19-8-11;1-11(2,3)15-10(14)13-8-4-5-9(13)7-12-6-8;7-5-2-1-4(3-8-5)6(9)10/h4,7-8,12-13H,5-6,9-10H2,1-3H3,(H2,18,19);8-9,12H,4-7H2,1-3H3;1-3H,(H2,7,8)(H,9,10). The summed E-state index contributed by atoms with van der Waals surface area (Å²) in [5.74, 6) is -0.345. The van der Waals surface area contributed by atoms with E-state index >= 15 is 0 Å². The number of fused-ring (bicyclic) bond motifs is 4. The minimum atomic E-state index is -0.993. The molecule has 6 heterocycles. The highest BCUT2D eigenvalue weighted by Gasteiger charge is 2.45. The van der Waals surface area contributed by atoms with Crippen LogP contribution in [0.15, 0.2) is 36.7 Å². The number of pyridine rings is 2. The molecule has 0 aliphatic carbocycles. The van der Waals surface area contributed by atoms with E-state index in [9.17, 15) is 19.2 Å². The number of rotatable bonds is 2. The number of anilines is 2. The maximum Gasteiger partial charge on any atom is 0.410 e. The van der Waals surface area contributed by atoms with Gasteiger partial charge in [-0.3, -0.25) is 14.6 Å². The van der Waals surface area contributed by atoms with Crippen LogP contribution in [0.4, 0.5) is 21.2 Å². The van der Waals surface area contributed by atoms with Gasteiger partial charge in [0.2, 0.25) is 0 Å². The predicted molar refractivity (Wildman–Crippen MR) is 183 cm³/mol. The molecule has 268 valence electrons. The van der Waals surface area contributed by atoms with Crippen molar-refractivity contribution in [3.05, 3.63) is 47.8 Å². The summed E-state index contributed by atoms with van der Waals surface area (Å²) in [7, 11) is 0. The number of amides is 3. The van der Waals surface area contributed by atoms with E-state index in [4.69, 9.17) is 26.0 Å². The van der Waals surface area contributed by atoms with Crippen LogP contribution in [0.3, 0.4) is 0 Å². The number of ether oxygens (including phenoxy) is 2. The van der Waals surface area contributed by atoms with Crippen LogP contribution in [-0.2, 0) is 9.47 Å². The van der Waals surface area contributed by atoms with E-state index in [1.165, 1.54) is 24.5 Å². The second-order valence-electron chi connectivity index (χ2n) is 14.7. The van der Waals surface area contributed by atoms with Gasteiger partial charge in [0.25, 0.3) is 5.91 Å². The fourth-order valence-electron chi connectivity index (χ4n) is 6.32. The van der Waals surface area contributed by atoms with Crippen molar-refractivity contribution in [2.24, 2.45) is 0 Å². The highest BCUT2D eigenvalue weighted by atomic mass is 16.6. The first kappa shape index (κ1) is 37.2.